The van der Waals surface area contributed by atoms with Crippen molar-refractivity contribution in [2.45, 2.75) is 26.3 Å². The monoisotopic (exact) mass is 314 g/mol. The predicted molar refractivity (Wildman–Crippen MR) is 70.3 cm³/mol. The third-order valence-electron chi connectivity index (χ3n) is 2.46. The first-order valence-corrected chi connectivity index (χ1v) is 6.34. The second-order valence-electron chi connectivity index (χ2n) is 4.27. The Hall–Kier alpha value is -1.43. The molecule has 0 saturated heterocycles. The third kappa shape index (κ3) is 4.44. The summed E-state index contributed by atoms with van der Waals surface area (Å²) in [5.74, 6) is -1.26. The summed E-state index contributed by atoms with van der Waals surface area (Å²) in [4.78, 5) is 26.6. The molecule has 1 aromatic rings. The van der Waals surface area contributed by atoms with Crippen LogP contribution in [0.3, 0.4) is 0 Å². The summed E-state index contributed by atoms with van der Waals surface area (Å²) in [6.45, 7) is 3.73. The van der Waals surface area contributed by atoms with E-state index in [1.54, 1.807) is 18.2 Å². The van der Waals surface area contributed by atoms with E-state index in [4.69, 9.17) is 5.11 Å². The summed E-state index contributed by atoms with van der Waals surface area (Å²) in [6.07, 6.45) is -0.0998. The minimum Gasteiger partial charge on any atom is -0.481 e. The van der Waals surface area contributed by atoms with Crippen LogP contribution in [0.2, 0.25) is 0 Å². The number of hydrogen-bond donors (Lipinski definition) is 2. The van der Waals surface area contributed by atoms with E-state index >= 15 is 0 Å². The molecule has 0 aromatic carbocycles. The minimum atomic E-state index is -0.934. The molecule has 6 heteroatoms. The number of carboxylic acid groups (broad SMARTS) is 1. The fraction of sp³-hybridized carbons (Fsp3) is 0.417. The third-order valence-corrected chi connectivity index (χ3v) is 2.91. The molecule has 0 radical (unpaired) electrons. The molecule has 0 bridgehead atoms. The first-order chi connectivity index (χ1) is 8.40. The van der Waals surface area contributed by atoms with Crippen molar-refractivity contribution in [3.05, 3.63) is 28.5 Å². The number of carbonyl (C=O) groups is 2. The SMILES string of the molecule is CC(C)C(CC(=O)O)NC(=O)c1cccc(Br)n1. The molecule has 1 atom stereocenters. The van der Waals surface area contributed by atoms with Crippen molar-refractivity contribution in [1.29, 1.82) is 0 Å². The van der Waals surface area contributed by atoms with Crippen molar-refractivity contribution in [3.63, 3.8) is 0 Å². The van der Waals surface area contributed by atoms with Crippen molar-refractivity contribution in [1.82, 2.24) is 10.3 Å². The van der Waals surface area contributed by atoms with Gasteiger partial charge < -0.3 is 10.4 Å². The van der Waals surface area contributed by atoms with Crippen LogP contribution in [-0.4, -0.2) is 28.0 Å². The average Bonchev–Trinajstić information content (AvgIpc) is 2.27. The van der Waals surface area contributed by atoms with Gasteiger partial charge in [-0.3, -0.25) is 9.59 Å². The predicted octanol–water partition coefficient (Wildman–Crippen LogP) is 2.07. The number of aliphatic carboxylic acids is 1. The Morgan fingerprint density at radius 3 is 2.61 bits per heavy atom. The number of carboxylic acids is 1. The highest BCUT2D eigenvalue weighted by atomic mass is 79.9. The molecule has 0 aliphatic heterocycles. The molecule has 18 heavy (non-hydrogen) atoms. The smallest absolute Gasteiger partial charge is 0.305 e. The summed E-state index contributed by atoms with van der Waals surface area (Å²) in [5.41, 5.74) is 0.264. The maximum absolute atomic E-state index is 11.9. The Kier molecular flexibility index (Phi) is 5.27. The fourth-order valence-electron chi connectivity index (χ4n) is 1.42. The maximum atomic E-state index is 11.9. The Labute approximate surface area is 114 Å². The number of halogens is 1. The van der Waals surface area contributed by atoms with Gasteiger partial charge in [-0.2, -0.15) is 0 Å². The summed E-state index contributed by atoms with van der Waals surface area (Å²) >= 11 is 3.18. The van der Waals surface area contributed by atoms with Crippen LogP contribution in [-0.2, 0) is 4.79 Å². The molecule has 1 unspecified atom stereocenters. The van der Waals surface area contributed by atoms with Gasteiger partial charge in [0, 0.05) is 6.04 Å². The number of carbonyl (C=O) groups excluding carboxylic acids is 1. The van der Waals surface area contributed by atoms with Gasteiger partial charge in [0.2, 0.25) is 0 Å². The molecule has 1 heterocycles. The molecule has 0 aliphatic carbocycles. The van der Waals surface area contributed by atoms with E-state index in [0.717, 1.165) is 0 Å². The molecule has 1 rings (SSSR count). The lowest BCUT2D eigenvalue weighted by Gasteiger charge is -2.20. The molecular weight excluding hydrogens is 300 g/mol. The second-order valence-corrected chi connectivity index (χ2v) is 5.08. The van der Waals surface area contributed by atoms with Crippen LogP contribution in [0.1, 0.15) is 30.8 Å². The lowest BCUT2D eigenvalue weighted by Crippen LogP contribution is -2.40. The molecule has 0 fully saturated rings. The highest BCUT2D eigenvalue weighted by Gasteiger charge is 2.20. The standard InChI is InChI=1S/C12H15BrN2O3/c1-7(2)9(6-11(16)17)15-12(18)8-4-3-5-10(13)14-8/h3-5,7,9H,6H2,1-2H3,(H,15,18)(H,16,17). The summed E-state index contributed by atoms with van der Waals surface area (Å²) in [5, 5.41) is 11.5. The highest BCUT2D eigenvalue weighted by molar-refractivity contribution is 9.10. The van der Waals surface area contributed by atoms with Gasteiger partial charge in [0.15, 0.2) is 0 Å². The Morgan fingerprint density at radius 1 is 1.44 bits per heavy atom. The quantitative estimate of drug-likeness (QED) is 0.815. The van der Waals surface area contributed by atoms with Gasteiger partial charge >= 0.3 is 5.97 Å². The number of nitrogens with zero attached hydrogens (tertiary/aromatic N) is 1. The van der Waals surface area contributed by atoms with Crippen LogP contribution in [0.4, 0.5) is 0 Å². The van der Waals surface area contributed by atoms with E-state index in [0.29, 0.717) is 4.60 Å². The Morgan fingerprint density at radius 2 is 2.11 bits per heavy atom. The zero-order valence-corrected chi connectivity index (χ0v) is 11.8. The fourth-order valence-corrected chi connectivity index (χ4v) is 1.76. The normalized spacial score (nSPS) is 12.2. The van der Waals surface area contributed by atoms with E-state index in [-0.39, 0.29) is 23.9 Å². The van der Waals surface area contributed by atoms with Gasteiger partial charge in [-0.15, -0.1) is 0 Å². The zero-order valence-electron chi connectivity index (χ0n) is 10.2. The second kappa shape index (κ2) is 6.49. The van der Waals surface area contributed by atoms with E-state index < -0.39 is 12.0 Å². The number of amides is 1. The minimum absolute atomic E-state index is 0.0391. The van der Waals surface area contributed by atoms with Crippen molar-refractivity contribution in [2.24, 2.45) is 5.92 Å². The summed E-state index contributed by atoms with van der Waals surface area (Å²) in [6, 6.07) is 4.59. The van der Waals surface area contributed by atoms with Crippen LogP contribution >= 0.6 is 15.9 Å². The van der Waals surface area contributed by atoms with Crippen LogP contribution in [0.25, 0.3) is 0 Å². The average molecular weight is 315 g/mol. The molecule has 0 saturated carbocycles. The first kappa shape index (κ1) is 14.6. The largest absolute Gasteiger partial charge is 0.481 e. The van der Waals surface area contributed by atoms with E-state index in [1.165, 1.54) is 0 Å². The topological polar surface area (TPSA) is 79.3 Å². The van der Waals surface area contributed by atoms with Gasteiger partial charge in [-0.25, -0.2) is 4.98 Å². The van der Waals surface area contributed by atoms with Gasteiger partial charge in [0.1, 0.15) is 10.3 Å². The van der Waals surface area contributed by atoms with E-state index in [9.17, 15) is 9.59 Å². The van der Waals surface area contributed by atoms with Gasteiger partial charge in [0.05, 0.1) is 6.42 Å². The number of hydrogen-bond acceptors (Lipinski definition) is 3. The maximum Gasteiger partial charge on any atom is 0.305 e. The molecule has 1 aromatic heterocycles. The lowest BCUT2D eigenvalue weighted by molar-refractivity contribution is -0.137. The van der Waals surface area contributed by atoms with Crippen molar-refractivity contribution in [3.8, 4) is 0 Å². The first-order valence-electron chi connectivity index (χ1n) is 5.55. The molecule has 1 amide bonds. The number of nitrogens with one attached hydrogen (secondary N) is 1. The summed E-state index contributed by atoms with van der Waals surface area (Å²) < 4.78 is 0.564. The van der Waals surface area contributed by atoms with E-state index in [2.05, 4.69) is 26.2 Å². The van der Waals surface area contributed by atoms with Crippen molar-refractivity contribution in [2.75, 3.05) is 0 Å². The lowest BCUT2D eigenvalue weighted by atomic mass is 10.0. The number of rotatable bonds is 5. The van der Waals surface area contributed by atoms with Crippen LogP contribution in [0.15, 0.2) is 22.8 Å². The summed E-state index contributed by atoms with van der Waals surface area (Å²) in [7, 11) is 0. The van der Waals surface area contributed by atoms with Crippen LogP contribution in [0.5, 0.6) is 0 Å². The van der Waals surface area contributed by atoms with E-state index in [1.807, 2.05) is 13.8 Å². The number of pyridine rings is 1. The van der Waals surface area contributed by atoms with Gasteiger partial charge in [-0.05, 0) is 34.0 Å². The number of aromatic nitrogens is 1. The highest BCUT2D eigenvalue weighted by Crippen LogP contribution is 2.09. The van der Waals surface area contributed by atoms with Gasteiger partial charge in [-0.1, -0.05) is 19.9 Å². The molecule has 98 valence electrons. The van der Waals surface area contributed by atoms with Gasteiger partial charge in [0.25, 0.3) is 5.91 Å². The van der Waals surface area contributed by atoms with Crippen LogP contribution < -0.4 is 5.32 Å². The molecule has 5 nitrogen and oxygen atoms in total. The molecule has 2 N–H and O–H groups in total. The Balaban J connectivity index is 2.75. The molecule has 0 aliphatic rings. The Bertz CT molecular complexity index is 449. The van der Waals surface area contributed by atoms with Crippen LogP contribution in [0, 0.1) is 5.92 Å². The molecular formula is C12H15BrN2O3. The van der Waals surface area contributed by atoms with Crippen molar-refractivity contribution >= 4 is 27.8 Å². The molecule has 0 spiro atoms. The van der Waals surface area contributed by atoms with Crippen molar-refractivity contribution < 1.29 is 14.7 Å². The zero-order chi connectivity index (χ0) is 13.7.